The van der Waals surface area contributed by atoms with E-state index in [4.69, 9.17) is 4.74 Å². The molecule has 0 radical (unpaired) electrons. The van der Waals surface area contributed by atoms with Gasteiger partial charge in [0, 0.05) is 33.2 Å². The molecule has 25 heavy (non-hydrogen) atoms. The third kappa shape index (κ3) is 9.48. The summed E-state index contributed by atoms with van der Waals surface area (Å²) in [6, 6.07) is 0.224. The number of ether oxygens (including phenoxy) is 1. The maximum Gasteiger partial charge on any atom is 0.410 e. The lowest BCUT2D eigenvalue weighted by Crippen LogP contribution is -2.63. The molecular formula is C17H36IN5O2. The number of likely N-dealkylation sites (tertiary alicyclic amines) is 1. The number of amides is 1. The molecule has 1 fully saturated rings. The van der Waals surface area contributed by atoms with Crippen LogP contribution in [-0.4, -0.2) is 79.8 Å². The number of rotatable bonds is 7. The van der Waals surface area contributed by atoms with Crippen LogP contribution in [0.25, 0.3) is 0 Å². The fourth-order valence-corrected chi connectivity index (χ4v) is 2.51. The summed E-state index contributed by atoms with van der Waals surface area (Å²) in [5.74, 6) is 0.788. The van der Waals surface area contributed by atoms with E-state index in [1.165, 1.54) is 6.42 Å². The zero-order valence-electron chi connectivity index (χ0n) is 16.6. The summed E-state index contributed by atoms with van der Waals surface area (Å²) in [4.78, 5) is 20.3. The van der Waals surface area contributed by atoms with Gasteiger partial charge in [0.1, 0.15) is 5.60 Å². The molecule has 0 spiro atoms. The number of nitrogens with one attached hydrogen (secondary N) is 2. The smallest absolute Gasteiger partial charge is 0.410 e. The molecule has 0 unspecified atom stereocenters. The number of guanidine groups is 1. The monoisotopic (exact) mass is 469 g/mol. The van der Waals surface area contributed by atoms with E-state index in [9.17, 15) is 4.79 Å². The van der Waals surface area contributed by atoms with Gasteiger partial charge < -0.3 is 25.2 Å². The Labute approximate surface area is 170 Å². The molecule has 1 aliphatic rings. The third-order valence-electron chi connectivity index (χ3n) is 3.81. The number of halogens is 1. The van der Waals surface area contributed by atoms with Gasteiger partial charge in [-0.1, -0.05) is 13.8 Å². The van der Waals surface area contributed by atoms with Crippen molar-refractivity contribution in [2.75, 3.05) is 46.3 Å². The lowest BCUT2D eigenvalue weighted by molar-refractivity contribution is 0.00701. The van der Waals surface area contributed by atoms with Crippen molar-refractivity contribution in [1.82, 2.24) is 20.4 Å². The van der Waals surface area contributed by atoms with Crippen molar-refractivity contribution in [1.29, 1.82) is 0 Å². The molecule has 0 atom stereocenters. The van der Waals surface area contributed by atoms with Crippen LogP contribution in [0, 0.1) is 0 Å². The van der Waals surface area contributed by atoms with Crippen LogP contribution in [-0.2, 0) is 4.74 Å². The predicted octanol–water partition coefficient (Wildman–Crippen LogP) is 2.12. The van der Waals surface area contributed by atoms with Gasteiger partial charge in [0.05, 0.1) is 6.04 Å². The van der Waals surface area contributed by atoms with Crippen molar-refractivity contribution in [3.05, 3.63) is 0 Å². The SMILES string of the molecule is CCCN(CC)CCNC(=NC)NC1CN(C(=O)OC(C)(C)C)C1.I. The van der Waals surface area contributed by atoms with Gasteiger partial charge in [0.15, 0.2) is 5.96 Å². The summed E-state index contributed by atoms with van der Waals surface area (Å²) >= 11 is 0. The van der Waals surface area contributed by atoms with Gasteiger partial charge in [-0.15, -0.1) is 24.0 Å². The normalized spacial score (nSPS) is 15.5. The highest BCUT2D eigenvalue weighted by atomic mass is 127. The zero-order chi connectivity index (χ0) is 18.2. The van der Waals surface area contributed by atoms with Gasteiger partial charge in [-0.2, -0.15) is 0 Å². The Bertz CT molecular complexity index is 420. The van der Waals surface area contributed by atoms with E-state index in [1.807, 2.05) is 20.8 Å². The number of hydrogen-bond acceptors (Lipinski definition) is 4. The number of hydrogen-bond donors (Lipinski definition) is 2. The van der Waals surface area contributed by atoms with Crippen molar-refractivity contribution in [2.45, 2.75) is 52.7 Å². The van der Waals surface area contributed by atoms with E-state index in [1.54, 1.807) is 11.9 Å². The van der Waals surface area contributed by atoms with Crippen molar-refractivity contribution in [3.63, 3.8) is 0 Å². The number of aliphatic imine (C=N–C) groups is 1. The topological polar surface area (TPSA) is 69.2 Å². The van der Waals surface area contributed by atoms with E-state index in [0.29, 0.717) is 13.1 Å². The minimum Gasteiger partial charge on any atom is -0.444 e. The predicted molar refractivity (Wildman–Crippen MR) is 114 cm³/mol. The average molecular weight is 469 g/mol. The van der Waals surface area contributed by atoms with Gasteiger partial charge in [0.25, 0.3) is 0 Å². The van der Waals surface area contributed by atoms with Crippen LogP contribution in [0.1, 0.15) is 41.0 Å². The maximum atomic E-state index is 11.9. The highest BCUT2D eigenvalue weighted by molar-refractivity contribution is 14.0. The first kappa shape index (κ1) is 24.2. The van der Waals surface area contributed by atoms with Crippen LogP contribution < -0.4 is 10.6 Å². The molecule has 0 aromatic rings. The van der Waals surface area contributed by atoms with E-state index in [-0.39, 0.29) is 36.1 Å². The molecule has 0 aliphatic carbocycles. The maximum absolute atomic E-state index is 11.9. The first-order chi connectivity index (χ1) is 11.3. The van der Waals surface area contributed by atoms with Gasteiger partial charge >= 0.3 is 6.09 Å². The van der Waals surface area contributed by atoms with Crippen LogP contribution in [0.15, 0.2) is 4.99 Å². The summed E-state index contributed by atoms with van der Waals surface area (Å²) in [5, 5.41) is 6.68. The molecule has 0 saturated carbocycles. The average Bonchev–Trinajstić information content (AvgIpc) is 2.45. The summed E-state index contributed by atoms with van der Waals surface area (Å²) in [7, 11) is 1.77. The second-order valence-electron chi connectivity index (χ2n) is 7.16. The fourth-order valence-electron chi connectivity index (χ4n) is 2.51. The molecule has 0 aromatic heterocycles. The highest BCUT2D eigenvalue weighted by Gasteiger charge is 2.34. The van der Waals surface area contributed by atoms with Crippen molar-refractivity contribution < 1.29 is 9.53 Å². The summed E-state index contributed by atoms with van der Waals surface area (Å²) in [6.45, 7) is 15.4. The highest BCUT2D eigenvalue weighted by Crippen LogP contribution is 2.15. The van der Waals surface area contributed by atoms with E-state index in [2.05, 4.69) is 34.4 Å². The molecule has 8 heteroatoms. The van der Waals surface area contributed by atoms with Crippen molar-refractivity contribution >= 4 is 36.0 Å². The third-order valence-corrected chi connectivity index (χ3v) is 3.81. The van der Waals surface area contributed by atoms with Crippen LogP contribution in [0.3, 0.4) is 0 Å². The van der Waals surface area contributed by atoms with Crippen LogP contribution in [0.2, 0.25) is 0 Å². The minimum absolute atomic E-state index is 0. The first-order valence-electron chi connectivity index (χ1n) is 8.96. The largest absolute Gasteiger partial charge is 0.444 e. The molecule has 1 saturated heterocycles. The lowest BCUT2D eigenvalue weighted by atomic mass is 10.1. The summed E-state index contributed by atoms with van der Waals surface area (Å²) < 4.78 is 5.36. The second-order valence-corrected chi connectivity index (χ2v) is 7.16. The second kappa shape index (κ2) is 11.8. The quantitative estimate of drug-likeness (QED) is 0.340. The zero-order valence-corrected chi connectivity index (χ0v) is 18.9. The van der Waals surface area contributed by atoms with Crippen molar-refractivity contribution in [3.8, 4) is 0 Å². The summed E-state index contributed by atoms with van der Waals surface area (Å²) in [5.41, 5.74) is -0.448. The minimum atomic E-state index is -0.448. The van der Waals surface area contributed by atoms with Crippen LogP contribution in [0.4, 0.5) is 4.79 Å². The molecule has 2 N–H and O–H groups in total. The summed E-state index contributed by atoms with van der Waals surface area (Å²) in [6.07, 6.45) is 0.922. The molecule has 1 heterocycles. The van der Waals surface area contributed by atoms with Crippen LogP contribution >= 0.6 is 24.0 Å². The number of nitrogens with zero attached hydrogens (tertiary/aromatic N) is 3. The molecule has 1 aliphatic heterocycles. The Morgan fingerprint density at radius 2 is 1.92 bits per heavy atom. The standard InChI is InChI=1S/C17H35N5O2.HI/c1-7-10-21(8-2)11-9-19-15(18-6)20-14-12-22(13-14)16(23)24-17(3,4)5;/h14H,7-13H2,1-6H3,(H2,18,19,20);1H. The number of likely N-dealkylation sites (N-methyl/N-ethyl adjacent to an activating group) is 1. The lowest BCUT2D eigenvalue weighted by Gasteiger charge is -2.40. The Morgan fingerprint density at radius 1 is 1.28 bits per heavy atom. The number of carbonyl (C=O) groups excluding carboxylic acids is 1. The Balaban J connectivity index is 0.00000576. The number of carbonyl (C=O) groups is 1. The van der Waals surface area contributed by atoms with E-state index in [0.717, 1.165) is 32.1 Å². The Hall–Kier alpha value is -0.770. The van der Waals surface area contributed by atoms with Gasteiger partial charge in [-0.25, -0.2) is 4.79 Å². The van der Waals surface area contributed by atoms with Gasteiger partial charge in [-0.05, 0) is 40.3 Å². The van der Waals surface area contributed by atoms with Gasteiger partial charge in [0.2, 0.25) is 0 Å². The van der Waals surface area contributed by atoms with Crippen molar-refractivity contribution in [2.24, 2.45) is 4.99 Å². The molecule has 0 aromatic carbocycles. The molecule has 7 nitrogen and oxygen atoms in total. The molecule has 1 rings (SSSR count). The van der Waals surface area contributed by atoms with Crippen LogP contribution in [0.5, 0.6) is 0 Å². The molecule has 0 bridgehead atoms. The molecule has 1 amide bonds. The van der Waals surface area contributed by atoms with Gasteiger partial charge in [-0.3, -0.25) is 4.99 Å². The molecule has 148 valence electrons. The first-order valence-corrected chi connectivity index (χ1v) is 8.96. The Kier molecular flexibility index (Phi) is 11.4. The van der Waals surface area contributed by atoms with E-state index < -0.39 is 5.60 Å². The molecular weight excluding hydrogens is 433 g/mol. The fraction of sp³-hybridized carbons (Fsp3) is 0.882. The van der Waals surface area contributed by atoms with E-state index >= 15 is 0 Å². The Morgan fingerprint density at radius 3 is 2.40 bits per heavy atom.